The number of methoxy groups -OCH3 is 2. The molecule has 0 bridgehead atoms. The fourth-order valence-electron chi connectivity index (χ4n) is 1.59. The molecule has 0 atom stereocenters. The molecule has 0 aliphatic carbocycles. The predicted octanol–water partition coefficient (Wildman–Crippen LogP) is 0.462. The maximum atomic E-state index is 5.34. The van der Waals surface area contributed by atoms with Crippen LogP contribution in [-0.4, -0.2) is 50.4 Å². The SMILES string of the molecule is COCCN(CCOC)Cc1cccc(NN)n1. The van der Waals surface area contributed by atoms with Gasteiger partial charge < -0.3 is 14.9 Å². The monoisotopic (exact) mass is 254 g/mol. The number of ether oxygens (including phenoxy) is 2. The van der Waals surface area contributed by atoms with Crippen molar-refractivity contribution in [1.29, 1.82) is 0 Å². The first-order valence-corrected chi connectivity index (χ1v) is 5.93. The highest BCUT2D eigenvalue weighted by molar-refractivity contribution is 5.33. The van der Waals surface area contributed by atoms with Gasteiger partial charge in [0.1, 0.15) is 5.82 Å². The van der Waals surface area contributed by atoms with E-state index in [0.717, 1.165) is 25.3 Å². The summed E-state index contributed by atoms with van der Waals surface area (Å²) >= 11 is 0. The normalized spacial score (nSPS) is 10.9. The minimum absolute atomic E-state index is 0.672. The van der Waals surface area contributed by atoms with Crippen molar-refractivity contribution in [1.82, 2.24) is 9.88 Å². The molecule has 18 heavy (non-hydrogen) atoms. The van der Waals surface area contributed by atoms with Gasteiger partial charge in [-0.1, -0.05) is 6.07 Å². The summed E-state index contributed by atoms with van der Waals surface area (Å²) < 4.78 is 10.2. The first kappa shape index (κ1) is 14.8. The van der Waals surface area contributed by atoms with Crippen molar-refractivity contribution in [2.45, 2.75) is 6.54 Å². The number of nitrogen functional groups attached to an aromatic ring is 1. The molecule has 6 heteroatoms. The van der Waals surface area contributed by atoms with Gasteiger partial charge in [-0.3, -0.25) is 4.90 Å². The van der Waals surface area contributed by atoms with Crippen molar-refractivity contribution >= 4 is 5.82 Å². The van der Waals surface area contributed by atoms with Crippen LogP contribution < -0.4 is 11.3 Å². The first-order valence-electron chi connectivity index (χ1n) is 5.93. The number of pyridine rings is 1. The molecule has 0 aliphatic rings. The fourth-order valence-corrected chi connectivity index (χ4v) is 1.59. The molecule has 0 aromatic carbocycles. The minimum atomic E-state index is 0.672. The van der Waals surface area contributed by atoms with Crippen molar-refractivity contribution in [2.75, 3.05) is 45.9 Å². The van der Waals surface area contributed by atoms with E-state index in [1.54, 1.807) is 14.2 Å². The summed E-state index contributed by atoms with van der Waals surface area (Å²) in [7, 11) is 3.40. The Hall–Kier alpha value is -1.21. The maximum absolute atomic E-state index is 5.34. The molecule has 1 aromatic rings. The molecule has 1 aromatic heterocycles. The predicted molar refractivity (Wildman–Crippen MR) is 71.1 cm³/mol. The molecule has 6 nitrogen and oxygen atoms in total. The number of nitrogens with two attached hydrogens (primary N) is 1. The van der Waals surface area contributed by atoms with E-state index < -0.39 is 0 Å². The third kappa shape index (κ3) is 5.42. The van der Waals surface area contributed by atoms with Crippen molar-refractivity contribution in [2.24, 2.45) is 5.84 Å². The summed E-state index contributed by atoms with van der Waals surface area (Å²) in [5.41, 5.74) is 3.52. The van der Waals surface area contributed by atoms with Gasteiger partial charge in [0.2, 0.25) is 0 Å². The lowest BCUT2D eigenvalue weighted by Gasteiger charge is -2.21. The molecule has 1 rings (SSSR count). The Morgan fingerprint density at radius 3 is 2.44 bits per heavy atom. The summed E-state index contributed by atoms with van der Waals surface area (Å²) in [6, 6.07) is 5.74. The lowest BCUT2D eigenvalue weighted by molar-refractivity contribution is 0.109. The van der Waals surface area contributed by atoms with E-state index in [-0.39, 0.29) is 0 Å². The molecule has 0 spiro atoms. The molecular weight excluding hydrogens is 232 g/mol. The lowest BCUT2D eigenvalue weighted by Crippen LogP contribution is -2.30. The Bertz CT molecular complexity index is 328. The van der Waals surface area contributed by atoms with Gasteiger partial charge in [0, 0.05) is 33.9 Å². The number of anilines is 1. The molecule has 0 amide bonds. The molecule has 0 radical (unpaired) electrons. The van der Waals surface area contributed by atoms with Gasteiger partial charge in [-0.05, 0) is 12.1 Å². The largest absolute Gasteiger partial charge is 0.383 e. The zero-order chi connectivity index (χ0) is 13.2. The third-order valence-corrected chi connectivity index (χ3v) is 2.56. The van der Waals surface area contributed by atoms with Gasteiger partial charge in [0.15, 0.2) is 0 Å². The van der Waals surface area contributed by atoms with E-state index >= 15 is 0 Å². The van der Waals surface area contributed by atoms with E-state index in [1.165, 1.54) is 0 Å². The summed E-state index contributed by atoms with van der Waals surface area (Å²) in [4.78, 5) is 6.62. The molecule has 3 N–H and O–H groups in total. The van der Waals surface area contributed by atoms with Crippen molar-refractivity contribution in [3.63, 3.8) is 0 Å². The number of nitrogens with zero attached hydrogens (tertiary/aromatic N) is 2. The highest BCUT2D eigenvalue weighted by Crippen LogP contribution is 2.06. The Morgan fingerprint density at radius 2 is 1.89 bits per heavy atom. The van der Waals surface area contributed by atoms with Gasteiger partial charge in [-0.15, -0.1) is 0 Å². The Labute approximate surface area is 108 Å². The zero-order valence-electron chi connectivity index (χ0n) is 11.1. The first-order chi connectivity index (χ1) is 8.80. The summed E-state index contributed by atoms with van der Waals surface area (Å²) in [6.07, 6.45) is 0. The van der Waals surface area contributed by atoms with E-state index in [2.05, 4.69) is 15.3 Å². The second-order valence-electron chi connectivity index (χ2n) is 3.92. The van der Waals surface area contributed by atoms with Crippen molar-refractivity contribution in [3.8, 4) is 0 Å². The minimum Gasteiger partial charge on any atom is -0.383 e. The number of nitrogens with one attached hydrogen (secondary N) is 1. The molecular formula is C12H22N4O2. The highest BCUT2D eigenvalue weighted by atomic mass is 16.5. The highest BCUT2D eigenvalue weighted by Gasteiger charge is 2.07. The Morgan fingerprint density at radius 1 is 1.22 bits per heavy atom. The topological polar surface area (TPSA) is 72.6 Å². The van der Waals surface area contributed by atoms with Crippen LogP contribution in [-0.2, 0) is 16.0 Å². The molecule has 0 saturated heterocycles. The molecule has 0 fully saturated rings. The summed E-state index contributed by atoms with van der Waals surface area (Å²) in [5.74, 6) is 6.02. The van der Waals surface area contributed by atoms with Crippen LogP contribution in [0, 0.1) is 0 Å². The van der Waals surface area contributed by atoms with Crippen molar-refractivity contribution in [3.05, 3.63) is 23.9 Å². The van der Waals surface area contributed by atoms with Crippen LogP contribution in [0.2, 0.25) is 0 Å². The third-order valence-electron chi connectivity index (χ3n) is 2.56. The zero-order valence-corrected chi connectivity index (χ0v) is 11.1. The number of hydrogen-bond donors (Lipinski definition) is 2. The average Bonchev–Trinajstić information content (AvgIpc) is 2.42. The average molecular weight is 254 g/mol. The number of hydrazine groups is 1. The van der Waals surface area contributed by atoms with Crippen LogP contribution in [0.15, 0.2) is 18.2 Å². The standard InChI is InChI=1S/C12H22N4O2/c1-17-8-6-16(7-9-18-2)10-11-4-3-5-12(14-11)15-13/h3-5H,6-10,13H2,1-2H3,(H,14,15). The number of aromatic nitrogens is 1. The van der Waals surface area contributed by atoms with Crippen LogP contribution in [0.3, 0.4) is 0 Å². The van der Waals surface area contributed by atoms with Gasteiger partial charge in [0.25, 0.3) is 0 Å². The summed E-state index contributed by atoms with van der Waals surface area (Å²) in [6.45, 7) is 3.84. The second kappa shape index (κ2) is 8.82. The Kier molecular flexibility index (Phi) is 7.28. The molecule has 0 unspecified atom stereocenters. The fraction of sp³-hybridized carbons (Fsp3) is 0.583. The van der Waals surface area contributed by atoms with E-state index in [9.17, 15) is 0 Å². The van der Waals surface area contributed by atoms with Crippen molar-refractivity contribution < 1.29 is 9.47 Å². The van der Waals surface area contributed by atoms with E-state index in [1.807, 2.05) is 18.2 Å². The second-order valence-corrected chi connectivity index (χ2v) is 3.92. The number of hydrogen-bond acceptors (Lipinski definition) is 6. The van der Waals surface area contributed by atoms with Gasteiger partial charge >= 0.3 is 0 Å². The van der Waals surface area contributed by atoms with Crippen LogP contribution in [0.5, 0.6) is 0 Å². The van der Waals surface area contributed by atoms with Crippen LogP contribution in [0.4, 0.5) is 5.82 Å². The molecule has 0 aliphatic heterocycles. The van der Waals surface area contributed by atoms with Crippen LogP contribution in [0.25, 0.3) is 0 Å². The molecule has 0 saturated carbocycles. The molecule has 102 valence electrons. The number of rotatable bonds is 9. The van der Waals surface area contributed by atoms with Crippen LogP contribution >= 0.6 is 0 Å². The summed E-state index contributed by atoms with van der Waals surface area (Å²) in [5, 5.41) is 0. The van der Waals surface area contributed by atoms with E-state index in [4.69, 9.17) is 15.3 Å². The smallest absolute Gasteiger partial charge is 0.140 e. The quantitative estimate of drug-likeness (QED) is 0.493. The van der Waals surface area contributed by atoms with Gasteiger partial charge in [-0.25, -0.2) is 10.8 Å². The van der Waals surface area contributed by atoms with Gasteiger partial charge in [0.05, 0.1) is 18.9 Å². The maximum Gasteiger partial charge on any atom is 0.140 e. The van der Waals surface area contributed by atoms with Gasteiger partial charge in [-0.2, -0.15) is 0 Å². The van der Waals surface area contributed by atoms with E-state index in [0.29, 0.717) is 19.0 Å². The molecule has 1 heterocycles. The Balaban J connectivity index is 2.56. The lowest BCUT2D eigenvalue weighted by atomic mass is 10.3. The van der Waals surface area contributed by atoms with Crippen LogP contribution in [0.1, 0.15) is 5.69 Å².